The summed E-state index contributed by atoms with van der Waals surface area (Å²) in [6.07, 6.45) is 4.76. The summed E-state index contributed by atoms with van der Waals surface area (Å²) in [6, 6.07) is 8.25. The molecule has 2 heterocycles. The van der Waals surface area contributed by atoms with Gasteiger partial charge >= 0.3 is 5.97 Å². The van der Waals surface area contributed by atoms with E-state index in [4.69, 9.17) is 4.42 Å². The smallest absolute Gasteiger partial charge is 0.305 e. The summed E-state index contributed by atoms with van der Waals surface area (Å²) in [5.74, 6) is -0.321. The zero-order valence-electron chi connectivity index (χ0n) is 13.5. The van der Waals surface area contributed by atoms with E-state index in [-0.39, 0.29) is 18.1 Å². The molecule has 2 rings (SSSR count). The number of furan rings is 1. The number of aromatic nitrogens is 1. The van der Waals surface area contributed by atoms with Crippen molar-refractivity contribution < 1.29 is 23.5 Å². The van der Waals surface area contributed by atoms with E-state index in [1.165, 1.54) is 31.5 Å². The van der Waals surface area contributed by atoms with Crippen LogP contribution in [0.3, 0.4) is 0 Å². The molecule has 2 aromatic heterocycles. The number of hydrogen-bond donors (Lipinski definition) is 2. The highest BCUT2D eigenvalue weighted by atomic mass is 16.5. The molecule has 0 saturated carbocycles. The number of ether oxygens (including phenoxy) is 1. The van der Waals surface area contributed by atoms with Crippen LogP contribution in [0, 0.1) is 0 Å². The second kappa shape index (κ2) is 9.02. The molecule has 0 aliphatic heterocycles. The molecule has 0 aromatic carbocycles. The zero-order valence-corrected chi connectivity index (χ0v) is 13.5. The van der Waals surface area contributed by atoms with Crippen LogP contribution in [0.25, 0.3) is 6.08 Å². The first-order chi connectivity index (χ1) is 12.1. The highest BCUT2D eigenvalue weighted by Gasteiger charge is 2.07. The van der Waals surface area contributed by atoms with Crippen molar-refractivity contribution in [2.24, 2.45) is 0 Å². The van der Waals surface area contributed by atoms with Gasteiger partial charge in [-0.15, -0.1) is 0 Å². The van der Waals surface area contributed by atoms with Gasteiger partial charge in [-0.05, 0) is 30.3 Å². The first kappa shape index (κ1) is 17.9. The average molecular weight is 343 g/mol. The molecule has 8 heteroatoms. The van der Waals surface area contributed by atoms with Gasteiger partial charge in [0.15, 0.2) is 0 Å². The Balaban J connectivity index is 1.79. The number of carbonyl (C=O) groups is 3. The molecule has 8 nitrogen and oxygen atoms in total. The van der Waals surface area contributed by atoms with Crippen molar-refractivity contribution in [1.82, 2.24) is 15.8 Å². The van der Waals surface area contributed by atoms with Crippen LogP contribution in [-0.2, 0) is 20.7 Å². The maximum atomic E-state index is 11.7. The molecule has 0 atom stereocenters. The molecule has 0 saturated heterocycles. The fraction of sp³-hybridized carbons (Fsp3) is 0.176. The fourth-order valence-electron chi connectivity index (χ4n) is 1.82. The standard InChI is InChI=1S/C17H17N3O5/c1-24-16(22)10-8-13-6-5-12(25-13)7-9-15(21)19-20-17(23)14-4-2-3-11-18-14/h2-7,9,11H,8,10H2,1H3,(H,19,21)(H,20,23)/b9-7+. The van der Waals surface area contributed by atoms with Crippen molar-refractivity contribution in [3.05, 3.63) is 59.8 Å². The summed E-state index contributed by atoms with van der Waals surface area (Å²) in [6.45, 7) is 0. The first-order valence-electron chi connectivity index (χ1n) is 7.43. The number of hydrazine groups is 1. The Bertz CT molecular complexity index is 768. The largest absolute Gasteiger partial charge is 0.469 e. The Morgan fingerprint density at radius 2 is 2.04 bits per heavy atom. The summed E-state index contributed by atoms with van der Waals surface area (Å²) in [5.41, 5.74) is 4.67. The maximum Gasteiger partial charge on any atom is 0.305 e. The minimum Gasteiger partial charge on any atom is -0.469 e. The normalized spacial score (nSPS) is 10.4. The SMILES string of the molecule is COC(=O)CCc1ccc(/C=C/C(=O)NNC(=O)c2ccccn2)o1. The zero-order chi connectivity index (χ0) is 18.1. The van der Waals surface area contributed by atoms with Gasteiger partial charge in [-0.3, -0.25) is 30.2 Å². The molecule has 25 heavy (non-hydrogen) atoms. The maximum absolute atomic E-state index is 11.7. The lowest BCUT2D eigenvalue weighted by Gasteiger charge is -2.03. The molecule has 0 radical (unpaired) electrons. The van der Waals surface area contributed by atoms with E-state index in [9.17, 15) is 14.4 Å². The lowest BCUT2D eigenvalue weighted by molar-refractivity contribution is -0.140. The molecule has 2 aromatic rings. The number of carbonyl (C=O) groups excluding carboxylic acids is 3. The van der Waals surface area contributed by atoms with E-state index in [0.717, 1.165) is 0 Å². The minimum atomic E-state index is -0.531. The summed E-state index contributed by atoms with van der Waals surface area (Å²) >= 11 is 0. The average Bonchev–Trinajstić information content (AvgIpc) is 3.11. The molecular weight excluding hydrogens is 326 g/mol. The number of esters is 1. The van der Waals surface area contributed by atoms with Gasteiger partial charge in [-0.25, -0.2) is 0 Å². The topological polar surface area (TPSA) is 111 Å². The van der Waals surface area contributed by atoms with Crippen LogP contribution in [0.2, 0.25) is 0 Å². The van der Waals surface area contributed by atoms with Gasteiger partial charge in [0.2, 0.25) is 0 Å². The predicted molar refractivity (Wildman–Crippen MR) is 87.9 cm³/mol. The van der Waals surface area contributed by atoms with Crippen molar-refractivity contribution in [1.29, 1.82) is 0 Å². The van der Waals surface area contributed by atoms with Crippen molar-refractivity contribution in [3.8, 4) is 0 Å². The number of methoxy groups -OCH3 is 1. The Kier molecular flexibility index (Phi) is 6.47. The lowest BCUT2D eigenvalue weighted by Crippen LogP contribution is -2.41. The third-order valence-electron chi connectivity index (χ3n) is 3.08. The number of pyridine rings is 1. The van der Waals surface area contributed by atoms with Crippen LogP contribution in [0.15, 0.2) is 47.0 Å². The molecule has 0 aliphatic carbocycles. The highest BCUT2D eigenvalue weighted by Crippen LogP contribution is 2.11. The Morgan fingerprint density at radius 1 is 1.20 bits per heavy atom. The molecular formula is C17H17N3O5. The van der Waals surface area contributed by atoms with Gasteiger partial charge < -0.3 is 9.15 Å². The van der Waals surface area contributed by atoms with Crippen LogP contribution in [-0.4, -0.2) is 29.9 Å². The van der Waals surface area contributed by atoms with Gasteiger partial charge in [-0.2, -0.15) is 0 Å². The summed E-state index contributed by atoms with van der Waals surface area (Å²) in [5, 5.41) is 0. The third-order valence-corrected chi connectivity index (χ3v) is 3.08. The van der Waals surface area contributed by atoms with Crippen molar-refractivity contribution >= 4 is 23.9 Å². The number of nitrogens with one attached hydrogen (secondary N) is 2. The second-order valence-electron chi connectivity index (χ2n) is 4.87. The van der Waals surface area contributed by atoms with Crippen molar-refractivity contribution in [2.75, 3.05) is 7.11 Å². The van der Waals surface area contributed by atoms with Crippen molar-refractivity contribution in [2.45, 2.75) is 12.8 Å². The van der Waals surface area contributed by atoms with E-state index < -0.39 is 11.8 Å². The van der Waals surface area contributed by atoms with Crippen molar-refractivity contribution in [3.63, 3.8) is 0 Å². The van der Waals surface area contributed by atoms with Crippen LogP contribution >= 0.6 is 0 Å². The molecule has 0 unspecified atom stereocenters. The summed E-state index contributed by atoms with van der Waals surface area (Å²) < 4.78 is 10.0. The Morgan fingerprint density at radius 3 is 2.76 bits per heavy atom. The van der Waals surface area contributed by atoms with Crippen LogP contribution in [0.5, 0.6) is 0 Å². The number of aryl methyl sites for hydroxylation is 1. The second-order valence-corrected chi connectivity index (χ2v) is 4.87. The van der Waals surface area contributed by atoms with Gasteiger partial charge in [0.25, 0.3) is 11.8 Å². The van der Waals surface area contributed by atoms with Gasteiger partial charge in [0.05, 0.1) is 13.5 Å². The number of rotatable bonds is 6. The van der Waals surface area contributed by atoms with E-state index in [1.54, 1.807) is 24.3 Å². The molecule has 0 fully saturated rings. The molecule has 0 bridgehead atoms. The highest BCUT2D eigenvalue weighted by molar-refractivity contribution is 5.96. The van der Waals surface area contributed by atoms with Crippen LogP contribution in [0.4, 0.5) is 0 Å². The monoisotopic (exact) mass is 343 g/mol. The summed E-state index contributed by atoms with van der Waals surface area (Å²) in [4.78, 5) is 38.3. The molecule has 130 valence electrons. The molecule has 2 amide bonds. The fourth-order valence-corrected chi connectivity index (χ4v) is 1.82. The number of nitrogens with zero attached hydrogens (tertiary/aromatic N) is 1. The van der Waals surface area contributed by atoms with Crippen LogP contribution < -0.4 is 10.9 Å². The van der Waals surface area contributed by atoms with Crippen LogP contribution in [0.1, 0.15) is 28.4 Å². The van der Waals surface area contributed by atoms with E-state index in [2.05, 4.69) is 20.6 Å². The quantitative estimate of drug-likeness (QED) is 0.464. The molecule has 0 aliphatic rings. The summed E-state index contributed by atoms with van der Waals surface area (Å²) in [7, 11) is 1.32. The minimum absolute atomic E-state index is 0.188. The predicted octanol–water partition coefficient (Wildman–Crippen LogP) is 1.25. The molecule has 0 spiro atoms. The third kappa shape index (κ3) is 5.94. The number of amides is 2. The van der Waals surface area contributed by atoms with E-state index >= 15 is 0 Å². The first-order valence-corrected chi connectivity index (χ1v) is 7.43. The number of hydrogen-bond acceptors (Lipinski definition) is 6. The van der Waals surface area contributed by atoms with E-state index in [1.807, 2.05) is 0 Å². The van der Waals surface area contributed by atoms with E-state index in [0.29, 0.717) is 17.9 Å². The Hall–Kier alpha value is -3.42. The molecule has 2 N–H and O–H groups in total. The van der Waals surface area contributed by atoms with Gasteiger partial charge in [0, 0.05) is 18.7 Å². The Labute approximate surface area is 143 Å². The van der Waals surface area contributed by atoms with Gasteiger partial charge in [-0.1, -0.05) is 6.07 Å². The van der Waals surface area contributed by atoms with Gasteiger partial charge in [0.1, 0.15) is 17.2 Å². The lowest BCUT2D eigenvalue weighted by atomic mass is 10.2.